The maximum absolute atomic E-state index is 12.6. The van der Waals surface area contributed by atoms with Crippen LogP contribution in [-0.2, 0) is 16.6 Å². The highest BCUT2D eigenvalue weighted by atomic mass is 35.5. The highest BCUT2D eigenvalue weighted by Gasteiger charge is 2.39. The number of anilines is 1. The van der Waals surface area contributed by atoms with Crippen LogP contribution >= 0.6 is 12.4 Å². The van der Waals surface area contributed by atoms with Gasteiger partial charge in [0, 0.05) is 26.4 Å². The standard InChI is InChI=1S/C14H21N3O3.ClH/c1-17-9-11(3-4-12(17)18)16-13(19)14(10-20-2)5-7-15-8-6-14;/h3-4,9,15H,5-8,10H2,1-2H3,(H,16,19);1H. The number of aromatic nitrogens is 1. The zero-order valence-corrected chi connectivity index (χ0v) is 13.2. The predicted molar refractivity (Wildman–Crippen MR) is 84.0 cm³/mol. The Morgan fingerprint density at radius 1 is 1.43 bits per heavy atom. The number of carbonyl (C=O) groups excluding carboxylic acids is 1. The fourth-order valence-corrected chi connectivity index (χ4v) is 2.55. The van der Waals surface area contributed by atoms with E-state index in [9.17, 15) is 9.59 Å². The molecule has 1 fully saturated rings. The molecule has 0 bridgehead atoms. The molecule has 0 aromatic carbocycles. The molecular weight excluding hydrogens is 294 g/mol. The van der Waals surface area contributed by atoms with Crippen LogP contribution in [0.2, 0.25) is 0 Å². The maximum atomic E-state index is 12.6. The minimum absolute atomic E-state index is 0. The van der Waals surface area contributed by atoms with Gasteiger partial charge in [-0.25, -0.2) is 0 Å². The van der Waals surface area contributed by atoms with E-state index in [0.29, 0.717) is 12.3 Å². The van der Waals surface area contributed by atoms with E-state index in [1.54, 1.807) is 26.4 Å². The number of hydrogen-bond acceptors (Lipinski definition) is 4. The van der Waals surface area contributed by atoms with E-state index < -0.39 is 5.41 Å². The van der Waals surface area contributed by atoms with Gasteiger partial charge in [-0.15, -0.1) is 12.4 Å². The van der Waals surface area contributed by atoms with E-state index in [-0.39, 0.29) is 23.9 Å². The van der Waals surface area contributed by atoms with Gasteiger partial charge in [0.15, 0.2) is 0 Å². The Morgan fingerprint density at radius 2 is 2.10 bits per heavy atom. The van der Waals surface area contributed by atoms with Crippen molar-refractivity contribution >= 4 is 24.0 Å². The molecule has 0 spiro atoms. The molecular formula is C14H22ClN3O3. The number of methoxy groups -OCH3 is 1. The number of pyridine rings is 1. The smallest absolute Gasteiger partial charge is 0.250 e. The fraction of sp³-hybridized carbons (Fsp3) is 0.571. The van der Waals surface area contributed by atoms with Crippen molar-refractivity contribution in [2.45, 2.75) is 12.8 Å². The second-order valence-corrected chi connectivity index (χ2v) is 5.28. The van der Waals surface area contributed by atoms with E-state index in [0.717, 1.165) is 25.9 Å². The lowest BCUT2D eigenvalue weighted by molar-refractivity contribution is -0.130. The minimum Gasteiger partial charge on any atom is -0.384 e. The summed E-state index contributed by atoms with van der Waals surface area (Å²) >= 11 is 0. The minimum atomic E-state index is -0.491. The van der Waals surface area contributed by atoms with Crippen molar-refractivity contribution in [3.8, 4) is 0 Å². The molecule has 1 aromatic rings. The first-order valence-corrected chi connectivity index (χ1v) is 6.75. The Balaban J connectivity index is 0.00000220. The van der Waals surface area contributed by atoms with Crippen molar-refractivity contribution in [3.05, 3.63) is 28.7 Å². The van der Waals surface area contributed by atoms with Crippen LogP contribution in [-0.4, -0.2) is 37.3 Å². The van der Waals surface area contributed by atoms with Crippen molar-refractivity contribution in [2.24, 2.45) is 12.5 Å². The average molecular weight is 316 g/mol. The van der Waals surface area contributed by atoms with Gasteiger partial charge in [-0.05, 0) is 32.0 Å². The fourth-order valence-electron chi connectivity index (χ4n) is 2.55. The van der Waals surface area contributed by atoms with E-state index in [1.165, 1.54) is 10.6 Å². The van der Waals surface area contributed by atoms with Crippen molar-refractivity contribution in [2.75, 3.05) is 32.1 Å². The largest absolute Gasteiger partial charge is 0.384 e. The van der Waals surface area contributed by atoms with Crippen molar-refractivity contribution < 1.29 is 9.53 Å². The summed E-state index contributed by atoms with van der Waals surface area (Å²) in [5, 5.41) is 6.15. The average Bonchev–Trinajstić information content (AvgIpc) is 2.44. The highest BCUT2D eigenvalue weighted by Crippen LogP contribution is 2.30. The summed E-state index contributed by atoms with van der Waals surface area (Å²) < 4.78 is 6.69. The molecule has 6 nitrogen and oxygen atoms in total. The molecule has 0 saturated carbocycles. The second-order valence-electron chi connectivity index (χ2n) is 5.28. The molecule has 7 heteroatoms. The van der Waals surface area contributed by atoms with Gasteiger partial charge in [0.2, 0.25) is 11.5 Å². The number of rotatable bonds is 4. The third-order valence-electron chi connectivity index (χ3n) is 3.81. The highest BCUT2D eigenvalue weighted by molar-refractivity contribution is 5.95. The molecule has 2 heterocycles. The van der Waals surface area contributed by atoms with Crippen LogP contribution in [0.1, 0.15) is 12.8 Å². The van der Waals surface area contributed by atoms with Crippen LogP contribution in [0.5, 0.6) is 0 Å². The molecule has 2 rings (SSSR count). The van der Waals surface area contributed by atoms with E-state index >= 15 is 0 Å². The second kappa shape index (κ2) is 7.59. The number of nitrogens with one attached hydrogen (secondary N) is 2. The summed E-state index contributed by atoms with van der Waals surface area (Å²) in [6.07, 6.45) is 3.12. The van der Waals surface area contributed by atoms with Crippen LogP contribution in [0.25, 0.3) is 0 Å². The molecule has 0 unspecified atom stereocenters. The van der Waals surface area contributed by atoms with Gasteiger partial charge in [-0.1, -0.05) is 0 Å². The van der Waals surface area contributed by atoms with Gasteiger partial charge in [0.05, 0.1) is 17.7 Å². The third-order valence-corrected chi connectivity index (χ3v) is 3.81. The van der Waals surface area contributed by atoms with E-state index in [1.807, 2.05) is 0 Å². The lowest BCUT2D eigenvalue weighted by Crippen LogP contribution is -2.47. The lowest BCUT2D eigenvalue weighted by Gasteiger charge is -2.35. The summed E-state index contributed by atoms with van der Waals surface area (Å²) in [5.41, 5.74) is 0.0388. The Morgan fingerprint density at radius 3 is 2.67 bits per heavy atom. The molecule has 21 heavy (non-hydrogen) atoms. The van der Waals surface area contributed by atoms with Gasteiger partial charge in [0.1, 0.15) is 0 Å². The van der Waals surface area contributed by atoms with Gasteiger partial charge in [-0.2, -0.15) is 0 Å². The predicted octanol–water partition coefficient (Wildman–Crippen LogP) is 0.762. The van der Waals surface area contributed by atoms with Crippen molar-refractivity contribution in [1.29, 1.82) is 0 Å². The molecule has 0 atom stereocenters. The van der Waals surface area contributed by atoms with Crippen LogP contribution in [0.3, 0.4) is 0 Å². The Bertz CT molecular complexity index is 533. The summed E-state index contributed by atoms with van der Waals surface area (Å²) in [6.45, 7) is 2.03. The molecule has 1 aliphatic heterocycles. The topological polar surface area (TPSA) is 72.4 Å². The number of halogens is 1. The Kier molecular flexibility index (Phi) is 6.39. The quantitative estimate of drug-likeness (QED) is 0.860. The van der Waals surface area contributed by atoms with Crippen LogP contribution in [0, 0.1) is 5.41 Å². The van der Waals surface area contributed by atoms with Crippen LogP contribution in [0.15, 0.2) is 23.1 Å². The third kappa shape index (κ3) is 4.06. The molecule has 0 aliphatic carbocycles. The molecule has 1 aromatic heterocycles. The lowest BCUT2D eigenvalue weighted by atomic mass is 9.78. The summed E-state index contributed by atoms with van der Waals surface area (Å²) in [7, 11) is 3.27. The SMILES string of the molecule is COCC1(C(=O)Nc2ccc(=O)n(C)c2)CCNCC1.Cl. The Hall–Kier alpha value is -1.37. The maximum Gasteiger partial charge on any atom is 0.250 e. The monoisotopic (exact) mass is 315 g/mol. The summed E-state index contributed by atoms with van der Waals surface area (Å²) in [4.78, 5) is 23.9. The molecule has 1 aliphatic rings. The van der Waals surface area contributed by atoms with E-state index in [4.69, 9.17) is 4.74 Å². The number of carbonyl (C=O) groups is 1. The van der Waals surface area contributed by atoms with Gasteiger partial charge >= 0.3 is 0 Å². The molecule has 118 valence electrons. The number of nitrogens with zero attached hydrogens (tertiary/aromatic N) is 1. The Labute approximate surface area is 130 Å². The first-order chi connectivity index (χ1) is 9.57. The van der Waals surface area contributed by atoms with Crippen molar-refractivity contribution in [1.82, 2.24) is 9.88 Å². The molecule has 1 amide bonds. The zero-order valence-electron chi connectivity index (χ0n) is 12.3. The number of hydrogen-bond donors (Lipinski definition) is 2. The first-order valence-electron chi connectivity index (χ1n) is 6.75. The van der Waals surface area contributed by atoms with Gasteiger partial charge < -0.3 is 19.9 Å². The first kappa shape index (κ1) is 17.7. The zero-order chi connectivity index (χ0) is 14.6. The molecule has 2 N–H and O–H groups in total. The van der Waals surface area contributed by atoms with Gasteiger partial charge in [-0.3, -0.25) is 9.59 Å². The summed E-state index contributed by atoms with van der Waals surface area (Å²) in [5.74, 6) is -0.0421. The molecule has 1 saturated heterocycles. The normalized spacial score (nSPS) is 16.9. The van der Waals surface area contributed by atoms with E-state index in [2.05, 4.69) is 10.6 Å². The molecule has 0 radical (unpaired) electrons. The van der Waals surface area contributed by atoms with Crippen LogP contribution < -0.4 is 16.2 Å². The van der Waals surface area contributed by atoms with Crippen LogP contribution in [0.4, 0.5) is 5.69 Å². The number of piperidine rings is 1. The number of ether oxygens (including phenoxy) is 1. The number of amides is 1. The van der Waals surface area contributed by atoms with Gasteiger partial charge in [0.25, 0.3) is 0 Å². The summed E-state index contributed by atoms with van der Waals surface area (Å²) in [6, 6.07) is 3.07. The van der Waals surface area contributed by atoms with Crippen molar-refractivity contribution in [3.63, 3.8) is 0 Å². The number of aryl methyl sites for hydroxylation is 1.